The first kappa shape index (κ1) is 22.4. The molecule has 4 rings (SSSR count). The number of carbonyl (C=O) groups is 1. The number of nitrogens with one attached hydrogen (secondary N) is 2. The lowest BCUT2D eigenvalue weighted by Crippen LogP contribution is -2.14. The molecule has 1 aromatic heterocycles. The monoisotopic (exact) mass is 453 g/mol. The summed E-state index contributed by atoms with van der Waals surface area (Å²) in [7, 11) is 0. The number of halogens is 3. The molecule has 1 heterocycles. The zero-order valence-corrected chi connectivity index (χ0v) is 18.3. The van der Waals surface area contributed by atoms with Crippen LogP contribution in [0, 0.1) is 17.5 Å². The first-order valence-electron chi connectivity index (χ1n) is 10.3. The van der Waals surface area contributed by atoms with Gasteiger partial charge in [-0.1, -0.05) is 32.9 Å². The summed E-state index contributed by atoms with van der Waals surface area (Å²) in [6, 6.07) is 13.6. The number of rotatable bonds is 5. The number of anilines is 1. The maximum atomic E-state index is 13.8. The van der Waals surface area contributed by atoms with E-state index in [-0.39, 0.29) is 23.5 Å². The number of hydrogen-bond acceptors (Lipinski definition) is 3. The van der Waals surface area contributed by atoms with Gasteiger partial charge in [-0.25, -0.2) is 13.2 Å². The number of hydrogen-bond donors (Lipinski definition) is 2. The number of benzene rings is 3. The van der Waals surface area contributed by atoms with Crippen molar-refractivity contribution in [3.05, 3.63) is 88.7 Å². The lowest BCUT2D eigenvalue weighted by molar-refractivity contribution is 0.102. The van der Waals surface area contributed by atoms with E-state index in [9.17, 15) is 18.0 Å². The van der Waals surface area contributed by atoms with Crippen molar-refractivity contribution in [3.63, 3.8) is 0 Å². The molecule has 8 heteroatoms. The highest BCUT2D eigenvalue weighted by molar-refractivity contribution is 6.07. The first-order chi connectivity index (χ1) is 15.6. The molecular formula is C25H22F3N3O2. The van der Waals surface area contributed by atoms with Crippen LogP contribution in [0.1, 0.15) is 42.3 Å². The summed E-state index contributed by atoms with van der Waals surface area (Å²) in [5, 5.41) is 10.4. The fraction of sp³-hybridized carbons (Fsp3) is 0.200. The van der Waals surface area contributed by atoms with E-state index in [1.165, 1.54) is 0 Å². The van der Waals surface area contributed by atoms with Crippen LogP contribution in [-0.2, 0) is 12.0 Å². The lowest BCUT2D eigenvalue weighted by atomic mass is 9.87. The molecule has 33 heavy (non-hydrogen) atoms. The van der Waals surface area contributed by atoms with E-state index in [4.69, 9.17) is 4.74 Å². The zero-order chi connectivity index (χ0) is 23.8. The van der Waals surface area contributed by atoms with E-state index in [0.717, 1.165) is 11.6 Å². The summed E-state index contributed by atoms with van der Waals surface area (Å²) in [6.45, 7) is 6.02. The third-order valence-corrected chi connectivity index (χ3v) is 5.26. The van der Waals surface area contributed by atoms with E-state index >= 15 is 0 Å². The van der Waals surface area contributed by atoms with Crippen LogP contribution < -0.4 is 10.1 Å². The maximum Gasteiger partial charge on any atom is 0.256 e. The van der Waals surface area contributed by atoms with Crippen LogP contribution in [0.3, 0.4) is 0 Å². The molecule has 2 N–H and O–H groups in total. The molecular weight excluding hydrogens is 431 g/mol. The summed E-state index contributed by atoms with van der Waals surface area (Å²) in [5.74, 6) is -2.86. The normalized spacial score (nSPS) is 11.6. The minimum absolute atomic E-state index is 0.0101. The average molecular weight is 453 g/mol. The third-order valence-electron chi connectivity index (χ3n) is 5.26. The Kier molecular flexibility index (Phi) is 5.84. The number of aromatic amines is 1. The van der Waals surface area contributed by atoms with Gasteiger partial charge in [0.25, 0.3) is 5.91 Å². The second-order valence-corrected chi connectivity index (χ2v) is 8.71. The quantitative estimate of drug-likeness (QED) is 0.358. The number of carbonyl (C=O) groups excluding carboxylic acids is 1. The number of ether oxygens (including phenoxy) is 1. The Balaban J connectivity index is 1.47. The van der Waals surface area contributed by atoms with Crippen LogP contribution in [0.15, 0.2) is 54.6 Å². The Morgan fingerprint density at radius 3 is 2.36 bits per heavy atom. The van der Waals surface area contributed by atoms with Crippen molar-refractivity contribution in [3.8, 4) is 5.75 Å². The van der Waals surface area contributed by atoms with Gasteiger partial charge in [0.05, 0.1) is 5.52 Å². The smallest absolute Gasteiger partial charge is 0.256 e. The molecule has 4 aromatic rings. The van der Waals surface area contributed by atoms with Crippen LogP contribution in [0.4, 0.5) is 19.0 Å². The molecule has 0 fully saturated rings. The Labute approximate surface area is 188 Å². The Morgan fingerprint density at radius 1 is 0.970 bits per heavy atom. The maximum absolute atomic E-state index is 13.8. The topological polar surface area (TPSA) is 67.0 Å². The molecule has 1 amide bonds. The highest BCUT2D eigenvalue weighted by Crippen LogP contribution is 2.27. The van der Waals surface area contributed by atoms with Crippen molar-refractivity contribution < 1.29 is 22.7 Å². The minimum atomic E-state index is -1.25. The standard InChI is InChI=1S/C25H22F3N3O2/c1-25(2,3)16-6-4-14(5-7-16)24(32)29-23-18-9-8-17(11-22(18)30-31-23)33-13-15-10-20(27)21(28)12-19(15)26/h4-12H,13H2,1-3H3,(H2,29,30,31,32). The van der Waals surface area contributed by atoms with Gasteiger partial charge in [0.1, 0.15) is 18.2 Å². The van der Waals surface area contributed by atoms with Gasteiger partial charge in [-0.2, -0.15) is 5.10 Å². The number of H-pyrrole nitrogens is 1. The van der Waals surface area contributed by atoms with Crippen LogP contribution in [0.25, 0.3) is 10.9 Å². The van der Waals surface area contributed by atoms with Crippen molar-refractivity contribution in [2.24, 2.45) is 0 Å². The predicted molar refractivity (Wildman–Crippen MR) is 120 cm³/mol. The van der Waals surface area contributed by atoms with E-state index in [2.05, 4.69) is 36.3 Å². The van der Waals surface area contributed by atoms with E-state index in [0.29, 0.717) is 34.1 Å². The molecule has 0 spiro atoms. The van der Waals surface area contributed by atoms with Crippen LogP contribution in [-0.4, -0.2) is 16.1 Å². The molecule has 0 aliphatic rings. The highest BCUT2D eigenvalue weighted by atomic mass is 19.2. The van der Waals surface area contributed by atoms with Crippen LogP contribution >= 0.6 is 0 Å². The molecule has 0 unspecified atom stereocenters. The van der Waals surface area contributed by atoms with Crippen molar-refractivity contribution in [2.45, 2.75) is 32.8 Å². The second kappa shape index (κ2) is 8.61. The van der Waals surface area contributed by atoms with Gasteiger partial charge in [0, 0.05) is 28.6 Å². The molecule has 0 atom stereocenters. The Morgan fingerprint density at radius 2 is 1.67 bits per heavy atom. The number of aromatic nitrogens is 2. The van der Waals surface area contributed by atoms with Crippen molar-refractivity contribution in [2.75, 3.05) is 5.32 Å². The summed E-state index contributed by atoms with van der Waals surface area (Å²) >= 11 is 0. The average Bonchev–Trinajstić information content (AvgIpc) is 3.16. The van der Waals surface area contributed by atoms with Crippen molar-refractivity contribution >= 4 is 22.6 Å². The molecule has 0 saturated carbocycles. The van der Waals surface area contributed by atoms with Crippen LogP contribution in [0.2, 0.25) is 0 Å². The van der Waals surface area contributed by atoms with Crippen LogP contribution in [0.5, 0.6) is 5.75 Å². The number of nitrogens with zero attached hydrogens (tertiary/aromatic N) is 1. The Hall–Kier alpha value is -3.81. The summed E-state index contributed by atoms with van der Waals surface area (Å²) in [6.07, 6.45) is 0. The van der Waals surface area contributed by atoms with Crippen molar-refractivity contribution in [1.29, 1.82) is 0 Å². The molecule has 5 nitrogen and oxygen atoms in total. The van der Waals surface area contributed by atoms with Gasteiger partial charge in [-0.3, -0.25) is 9.89 Å². The van der Waals surface area contributed by atoms with Crippen molar-refractivity contribution in [1.82, 2.24) is 10.2 Å². The molecule has 0 bridgehead atoms. The predicted octanol–water partition coefficient (Wildman–Crippen LogP) is 6.11. The summed E-state index contributed by atoms with van der Waals surface area (Å²) in [4.78, 5) is 12.6. The van der Waals surface area contributed by atoms with Gasteiger partial charge in [0.15, 0.2) is 17.5 Å². The number of fused-ring (bicyclic) bond motifs is 1. The number of amides is 1. The van der Waals surface area contributed by atoms with Gasteiger partial charge < -0.3 is 10.1 Å². The summed E-state index contributed by atoms with van der Waals surface area (Å²) < 4.78 is 45.7. The van der Waals surface area contributed by atoms with E-state index in [1.807, 2.05) is 12.1 Å². The van der Waals surface area contributed by atoms with Gasteiger partial charge in [-0.15, -0.1) is 0 Å². The van der Waals surface area contributed by atoms with Gasteiger partial charge in [0.2, 0.25) is 0 Å². The van der Waals surface area contributed by atoms with E-state index < -0.39 is 17.5 Å². The molecule has 0 aliphatic carbocycles. The first-order valence-corrected chi connectivity index (χ1v) is 10.3. The molecule has 170 valence electrons. The zero-order valence-electron chi connectivity index (χ0n) is 18.3. The molecule has 0 saturated heterocycles. The van der Waals surface area contributed by atoms with Gasteiger partial charge >= 0.3 is 0 Å². The second-order valence-electron chi connectivity index (χ2n) is 8.71. The SMILES string of the molecule is CC(C)(C)c1ccc(C(=O)Nc2n[nH]c3cc(OCc4cc(F)c(F)cc4F)ccc23)cc1. The molecule has 0 aliphatic heterocycles. The fourth-order valence-corrected chi connectivity index (χ4v) is 3.32. The fourth-order valence-electron chi connectivity index (χ4n) is 3.32. The Bertz CT molecular complexity index is 1330. The van der Waals surface area contributed by atoms with E-state index in [1.54, 1.807) is 30.3 Å². The lowest BCUT2D eigenvalue weighted by Gasteiger charge is -2.18. The minimum Gasteiger partial charge on any atom is -0.489 e. The third kappa shape index (κ3) is 4.84. The summed E-state index contributed by atoms with van der Waals surface area (Å²) in [5.41, 5.74) is 2.09. The largest absolute Gasteiger partial charge is 0.489 e. The van der Waals surface area contributed by atoms with Gasteiger partial charge in [-0.05, 0) is 41.3 Å². The molecule has 0 radical (unpaired) electrons. The highest BCUT2D eigenvalue weighted by Gasteiger charge is 2.16. The molecule has 3 aromatic carbocycles.